The Hall–Kier alpha value is -2.31. The maximum Gasteiger partial charge on any atom is 0.421 e. The first-order valence-corrected chi connectivity index (χ1v) is 9.76. The maximum absolute atomic E-state index is 13.5. The van der Waals surface area contributed by atoms with E-state index in [9.17, 15) is 13.2 Å². The summed E-state index contributed by atoms with van der Waals surface area (Å²) in [6.07, 6.45) is 2.33. The number of hydrogen-bond acceptors (Lipinski definition) is 4. The Labute approximate surface area is 164 Å². The SMILES string of the molecule is CCCCCc1ccc(N(C)c2nc(OCCCC)ncc2C(F)(F)F)cc1. The van der Waals surface area contributed by atoms with Gasteiger partial charge in [0, 0.05) is 18.9 Å². The Bertz CT molecular complexity index is 733. The lowest BCUT2D eigenvalue weighted by Crippen LogP contribution is -2.19. The van der Waals surface area contributed by atoms with E-state index in [1.807, 2.05) is 31.2 Å². The van der Waals surface area contributed by atoms with Gasteiger partial charge in [-0.15, -0.1) is 0 Å². The van der Waals surface area contributed by atoms with Crippen molar-refractivity contribution in [1.29, 1.82) is 0 Å². The Morgan fingerprint density at radius 3 is 2.29 bits per heavy atom. The van der Waals surface area contributed by atoms with Gasteiger partial charge in [0.2, 0.25) is 0 Å². The van der Waals surface area contributed by atoms with Crippen LogP contribution in [0.3, 0.4) is 0 Å². The van der Waals surface area contributed by atoms with Crippen molar-refractivity contribution in [2.45, 2.75) is 58.5 Å². The normalized spacial score (nSPS) is 11.5. The van der Waals surface area contributed by atoms with Crippen molar-refractivity contribution in [1.82, 2.24) is 9.97 Å². The predicted octanol–water partition coefficient (Wildman–Crippen LogP) is 6.17. The Morgan fingerprint density at radius 1 is 1.00 bits per heavy atom. The minimum absolute atomic E-state index is 0.0421. The van der Waals surface area contributed by atoms with Crippen LogP contribution in [0, 0.1) is 0 Å². The summed E-state index contributed by atoms with van der Waals surface area (Å²) < 4.78 is 45.8. The standard InChI is InChI=1S/C21H28F3N3O/c1-4-6-8-9-16-10-12-17(13-11-16)27(3)19-18(21(22,23)24)15-25-20(26-19)28-14-7-5-2/h10-13,15H,4-9,14H2,1-3H3. The molecule has 2 aromatic rings. The third-order valence-electron chi connectivity index (χ3n) is 4.49. The van der Waals surface area contributed by atoms with E-state index >= 15 is 0 Å². The molecule has 0 unspecified atom stereocenters. The van der Waals surface area contributed by atoms with Crippen LogP contribution in [-0.2, 0) is 12.6 Å². The van der Waals surface area contributed by atoms with E-state index in [2.05, 4.69) is 16.9 Å². The highest BCUT2D eigenvalue weighted by Gasteiger charge is 2.36. The largest absolute Gasteiger partial charge is 0.463 e. The maximum atomic E-state index is 13.5. The van der Waals surface area contributed by atoms with Crippen LogP contribution in [0.25, 0.3) is 0 Å². The molecule has 0 atom stereocenters. The van der Waals surface area contributed by atoms with Gasteiger partial charge < -0.3 is 9.64 Å². The second kappa shape index (κ2) is 10.3. The van der Waals surface area contributed by atoms with E-state index < -0.39 is 11.7 Å². The van der Waals surface area contributed by atoms with Crippen LogP contribution in [-0.4, -0.2) is 23.6 Å². The third kappa shape index (κ3) is 6.11. The summed E-state index contributed by atoms with van der Waals surface area (Å²) in [6, 6.07) is 7.51. The first kappa shape index (κ1) is 22.0. The molecule has 0 aliphatic carbocycles. The molecule has 7 heteroatoms. The van der Waals surface area contributed by atoms with Gasteiger partial charge in [-0.05, 0) is 37.0 Å². The Morgan fingerprint density at radius 2 is 1.68 bits per heavy atom. The molecule has 0 aliphatic rings. The number of aryl methyl sites for hydroxylation is 1. The fourth-order valence-electron chi connectivity index (χ4n) is 2.78. The van der Waals surface area contributed by atoms with Crippen molar-refractivity contribution in [3.05, 3.63) is 41.6 Å². The molecule has 0 aliphatic heterocycles. The lowest BCUT2D eigenvalue weighted by molar-refractivity contribution is -0.137. The predicted molar refractivity (Wildman–Crippen MR) is 105 cm³/mol. The number of ether oxygens (including phenoxy) is 1. The van der Waals surface area contributed by atoms with Crippen molar-refractivity contribution in [2.75, 3.05) is 18.6 Å². The van der Waals surface area contributed by atoms with Crippen LogP contribution >= 0.6 is 0 Å². The number of hydrogen-bond donors (Lipinski definition) is 0. The van der Waals surface area contributed by atoms with E-state index in [1.54, 1.807) is 7.05 Å². The van der Waals surface area contributed by atoms with Crippen molar-refractivity contribution in [2.24, 2.45) is 0 Å². The molecule has 0 bridgehead atoms. The number of halogens is 3. The fourth-order valence-corrected chi connectivity index (χ4v) is 2.78. The van der Waals surface area contributed by atoms with E-state index in [1.165, 1.54) is 16.9 Å². The zero-order valence-corrected chi connectivity index (χ0v) is 16.7. The summed E-state index contributed by atoms with van der Waals surface area (Å²) >= 11 is 0. The van der Waals surface area contributed by atoms with Gasteiger partial charge in [0.1, 0.15) is 5.56 Å². The molecule has 4 nitrogen and oxygen atoms in total. The summed E-state index contributed by atoms with van der Waals surface area (Å²) in [4.78, 5) is 9.20. The third-order valence-corrected chi connectivity index (χ3v) is 4.49. The van der Waals surface area contributed by atoms with Crippen molar-refractivity contribution < 1.29 is 17.9 Å². The van der Waals surface area contributed by atoms with Crippen LogP contribution < -0.4 is 9.64 Å². The molecule has 0 amide bonds. The number of nitrogens with zero attached hydrogens (tertiary/aromatic N) is 3. The zero-order valence-electron chi connectivity index (χ0n) is 16.7. The van der Waals surface area contributed by atoms with Gasteiger partial charge in [0.25, 0.3) is 0 Å². The fraction of sp³-hybridized carbons (Fsp3) is 0.524. The van der Waals surface area contributed by atoms with Gasteiger partial charge in [-0.3, -0.25) is 0 Å². The van der Waals surface area contributed by atoms with Gasteiger partial charge >= 0.3 is 12.2 Å². The summed E-state index contributed by atoms with van der Waals surface area (Å²) in [7, 11) is 1.57. The first-order valence-electron chi connectivity index (χ1n) is 9.76. The van der Waals surface area contributed by atoms with Crippen molar-refractivity contribution in [3.8, 4) is 6.01 Å². The Kier molecular flexibility index (Phi) is 8.08. The number of rotatable bonds is 10. The van der Waals surface area contributed by atoms with Crippen LogP contribution in [0.15, 0.2) is 30.5 Å². The molecule has 0 saturated carbocycles. The van der Waals surface area contributed by atoms with Crippen molar-refractivity contribution >= 4 is 11.5 Å². The lowest BCUT2D eigenvalue weighted by Gasteiger charge is -2.23. The quantitative estimate of drug-likeness (QED) is 0.451. The Balaban J connectivity index is 2.25. The molecule has 28 heavy (non-hydrogen) atoms. The minimum Gasteiger partial charge on any atom is -0.463 e. The van der Waals surface area contributed by atoms with E-state index in [-0.39, 0.29) is 11.8 Å². The van der Waals surface area contributed by atoms with E-state index in [4.69, 9.17) is 4.74 Å². The molecule has 1 aromatic carbocycles. The number of benzene rings is 1. The molecule has 0 spiro atoms. The average molecular weight is 395 g/mol. The monoisotopic (exact) mass is 395 g/mol. The van der Waals surface area contributed by atoms with Gasteiger partial charge in [-0.2, -0.15) is 18.2 Å². The lowest BCUT2D eigenvalue weighted by atomic mass is 10.1. The smallest absolute Gasteiger partial charge is 0.421 e. The molecule has 0 radical (unpaired) electrons. The topological polar surface area (TPSA) is 38.2 Å². The molecule has 2 rings (SSSR count). The minimum atomic E-state index is -4.55. The molecule has 0 fully saturated rings. The highest BCUT2D eigenvalue weighted by Crippen LogP contribution is 2.37. The number of alkyl halides is 3. The van der Waals surface area contributed by atoms with Gasteiger partial charge in [0.15, 0.2) is 5.82 Å². The van der Waals surface area contributed by atoms with Gasteiger partial charge in [-0.1, -0.05) is 45.2 Å². The highest BCUT2D eigenvalue weighted by atomic mass is 19.4. The number of anilines is 2. The molecule has 154 valence electrons. The highest BCUT2D eigenvalue weighted by molar-refractivity contribution is 5.63. The van der Waals surface area contributed by atoms with Crippen LogP contribution in [0.2, 0.25) is 0 Å². The molecular weight excluding hydrogens is 367 g/mol. The molecular formula is C21H28F3N3O. The molecule has 1 aromatic heterocycles. The second-order valence-corrected chi connectivity index (χ2v) is 6.77. The zero-order chi connectivity index (χ0) is 20.6. The van der Waals surface area contributed by atoms with Crippen LogP contribution in [0.4, 0.5) is 24.7 Å². The second-order valence-electron chi connectivity index (χ2n) is 6.77. The molecule has 1 heterocycles. The van der Waals surface area contributed by atoms with Crippen LogP contribution in [0.1, 0.15) is 57.1 Å². The number of unbranched alkanes of at least 4 members (excludes halogenated alkanes) is 3. The van der Waals surface area contributed by atoms with Gasteiger partial charge in [-0.25, -0.2) is 4.98 Å². The number of aromatic nitrogens is 2. The molecule has 0 saturated heterocycles. The van der Waals surface area contributed by atoms with Gasteiger partial charge in [0.05, 0.1) is 6.61 Å². The average Bonchev–Trinajstić information content (AvgIpc) is 2.67. The summed E-state index contributed by atoms with van der Waals surface area (Å²) in [5.74, 6) is -0.215. The first-order chi connectivity index (χ1) is 13.4. The summed E-state index contributed by atoms with van der Waals surface area (Å²) in [5, 5.41) is 0. The van der Waals surface area contributed by atoms with Crippen LogP contribution in [0.5, 0.6) is 6.01 Å². The van der Waals surface area contributed by atoms with E-state index in [0.717, 1.165) is 38.3 Å². The van der Waals surface area contributed by atoms with E-state index in [0.29, 0.717) is 12.3 Å². The van der Waals surface area contributed by atoms with Crippen molar-refractivity contribution in [3.63, 3.8) is 0 Å². The molecule has 0 N–H and O–H groups in total. The summed E-state index contributed by atoms with van der Waals surface area (Å²) in [5.41, 5.74) is 0.917. The summed E-state index contributed by atoms with van der Waals surface area (Å²) in [6.45, 7) is 4.53.